The van der Waals surface area contributed by atoms with Gasteiger partial charge < -0.3 is 5.32 Å². The fourth-order valence-corrected chi connectivity index (χ4v) is 2.95. The molecule has 1 fully saturated rings. The van der Waals surface area contributed by atoms with Gasteiger partial charge >= 0.3 is 0 Å². The Hall–Kier alpha value is -0.0900. The van der Waals surface area contributed by atoms with E-state index in [9.17, 15) is 0 Å². The molecule has 2 rings (SSSR count). The van der Waals surface area contributed by atoms with Gasteiger partial charge in [0, 0.05) is 37.1 Å². The van der Waals surface area contributed by atoms with Crippen LogP contribution in [0, 0.1) is 0 Å². The Morgan fingerprint density at radius 2 is 2.14 bits per heavy atom. The van der Waals surface area contributed by atoms with E-state index in [0.717, 1.165) is 30.5 Å². The molecule has 2 nitrogen and oxygen atoms in total. The predicted molar refractivity (Wildman–Crippen MR) is 62.2 cm³/mol. The quantitative estimate of drug-likeness (QED) is 0.839. The summed E-state index contributed by atoms with van der Waals surface area (Å²) in [5.74, 6) is 0. The minimum absolute atomic E-state index is 0.509. The van der Waals surface area contributed by atoms with Crippen LogP contribution in [0.1, 0.15) is 17.8 Å². The second kappa shape index (κ2) is 4.62. The SMILES string of the molecule is C[C@H](c1ccc(Cl)s1)N1CCNCC1. The first-order valence-corrected chi connectivity index (χ1v) is 6.17. The molecule has 0 saturated carbocycles. The lowest BCUT2D eigenvalue weighted by Crippen LogP contribution is -2.44. The zero-order valence-corrected chi connectivity index (χ0v) is 9.87. The maximum absolute atomic E-state index is 5.93. The van der Waals surface area contributed by atoms with Gasteiger partial charge in [0.05, 0.1) is 4.34 Å². The summed E-state index contributed by atoms with van der Waals surface area (Å²) >= 11 is 7.62. The highest BCUT2D eigenvalue weighted by Gasteiger charge is 2.18. The van der Waals surface area contributed by atoms with Gasteiger partial charge in [0.25, 0.3) is 0 Å². The molecule has 0 aliphatic carbocycles. The second-order valence-electron chi connectivity index (χ2n) is 3.60. The summed E-state index contributed by atoms with van der Waals surface area (Å²) in [4.78, 5) is 3.87. The number of nitrogens with one attached hydrogen (secondary N) is 1. The van der Waals surface area contributed by atoms with Crippen molar-refractivity contribution >= 4 is 22.9 Å². The van der Waals surface area contributed by atoms with E-state index in [-0.39, 0.29) is 0 Å². The number of piperazine rings is 1. The summed E-state index contributed by atoms with van der Waals surface area (Å²) in [6.07, 6.45) is 0. The zero-order chi connectivity index (χ0) is 9.97. The largest absolute Gasteiger partial charge is 0.314 e. The molecule has 0 radical (unpaired) electrons. The standard InChI is InChI=1S/C10H15ClN2S/c1-8(9-2-3-10(11)14-9)13-6-4-12-5-7-13/h2-3,8,12H,4-7H2,1H3/t8-/m1/s1. The van der Waals surface area contributed by atoms with Gasteiger partial charge in [-0.25, -0.2) is 0 Å². The summed E-state index contributed by atoms with van der Waals surface area (Å²) in [5.41, 5.74) is 0. The molecule has 1 saturated heterocycles. The van der Waals surface area contributed by atoms with E-state index >= 15 is 0 Å². The Kier molecular flexibility index (Phi) is 3.44. The fraction of sp³-hybridized carbons (Fsp3) is 0.600. The number of hydrogen-bond acceptors (Lipinski definition) is 3. The van der Waals surface area contributed by atoms with Crippen LogP contribution in [0.15, 0.2) is 12.1 Å². The van der Waals surface area contributed by atoms with Gasteiger partial charge in [-0.1, -0.05) is 11.6 Å². The van der Waals surface area contributed by atoms with Crippen molar-refractivity contribution < 1.29 is 0 Å². The molecule has 14 heavy (non-hydrogen) atoms. The van der Waals surface area contributed by atoms with Crippen LogP contribution in [0.3, 0.4) is 0 Å². The van der Waals surface area contributed by atoms with E-state index in [2.05, 4.69) is 23.2 Å². The molecule has 1 aromatic heterocycles. The normalized spacial score (nSPS) is 21.0. The molecule has 1 aliphatic rings. The molecule has 1 aliphatic heterocycles. The molecule has 2 heterocycles. The lowest BCUT2D eigenvalue weighted by atomic mass is 10.2. The molecule has 4 heteroatoms. The molecule has 1 atom stereocenters. The number of hydrogen-bond donors (Lipinski definition) is 1. The van der Waals surface area contributed by atoms with Crippen molar-refractivity contribution in [3.63, 3.8) is 0 Å². The van der Waals surface area contributed by atoms with Crippen LogP contribution < -0.4 is 5.32 Å². The first-order chi connectivity index (χ1) is 6.77. The van der Waals surface area contributed by atoms with Crippen LogP contribution in [0.2, 0.25) is 4.34 Å². The van der Waals surface area contributed by atoms with E-state index in [4.69, 9.17) is 11.6 Å². The predicted octanol–water partition coefficient (Wildman–Crippen LogP) is 2.37. The van der Waals surface area contributed by atoms with Gasteiger partial charge in [0.15, 0.2) is 0 Å². The van der Waals surface area contributed by atoms with Gasteiger partial charge in [-0.3, -0.25) is 4.90 Å². The first-order valence-electron chi connectivity index (χ1n) is 4.97. The first kappa shape index (κ1) is 10.4. The highest BCUT2D eigenvalue weighted by atomic mass is 35.5. The summed E-state index contributed by atoms with van der Waals surface area (Å²) < 4.78 is 0.891. The van der Waals surface area contributed by atoms with Crippen molar-refractivity contribution in [1.29, 1.82) is 0 Å². The van der Waals surface area contributed by atoms with Gasteiger partial charge in [-0.15, -0.1) is 11.3 Å². The minimum Gasteiger partial charge on any atom is -0.314 e. The van der Waals surface area contributed by atoms with Crippen LogP contribution in [-0.2, 0) is 0 Å². The van der Waals surface area contributed by atoms with Crippen molar-refractivity contribution in [1.82, 2.24) is 10.2 Å². The van der Waals surface area contributed by atoms with Gasteiger partial charge in [0.2, 0.25) is 0 Å². The highest BCUT2D eigenvalue weighted by molar-refractivity contribution is 7.16. The summed E-state index contributed by atoms with van der Waals surface area (Å²) in [6.45, 7) is 6.73. The summed E-state index contributed by atoms with van der Waals surface area (Å²) in [7, 11) is 0. The highest BCUT2D eigenvalue weighted by Crippen LogP contribution is 2.30. The Bertz CT molecular complexity index is 294. The van der Waals surface area contributed by atoms with Crippen molar-refractivity contribution in [2.75, 3.05) is 26.2 Å². The van der Waals surface area contributed by atoms with Crippen LogP contribution in [0.25, 0.3) is 0 Å². The van der Waals surface area contributed by atoms with Crippen LogP contribution in [-0.4, -0.2) is 31.1 Å². The lowest BCUT2D eigenvalue weighted by molar-refractivity contribution is 0.188. The summed E-state index contributed by atoms with van der Waals surface area (Å²) in [5, 5.41) is 3.36. The number of rotatable bonds is 2. The van der Waals surface area contributed by atoms with Crippen molar-refractivity contribution in [3.05, 3.63) is 21.3 Å². The Balaban J connectivity index is 2.03. The van der Waals surface area contributed by atoms with Gasteiger partial charge in [-0.05, 0) is 19.1 Å². The molecule has 0 amide bonds. The minimum atomic E-state index is 0.509. The number of halogens is 1. The van der Waals surface area contributed by atoms with Crippen LogP contribution >= 0.6 is 22.9 Å². The second-order valence-corrected chi connectivity index (χ2v) is 5.35. The van der Waals surface area contributed by atoms with Crippen molar-refractivity contribution in [3.8, 4) is 0 Å². The zero-order valence-electron chi connectivity index (χ0n) is 8.29. The number of thiophene rings is 1. The van der Waals surface area contributed by atoms with E-state index in [1.54, 1.807) is 11.3 Å². The van der Waals surface area contributed by atoms with E-state index < -0.39 is 0 Å². The maximum atomic E-state index is 5.93. The number of nitrogens with zero attached hydrogens (tertiary/aromatic N) is 1. The molecular weight excluding hydrogens is 216 g/mol. The monoisotopic (exact) mass is 230 g/mol. The molecule has 1 N–H and O–H groups in total. The molecule has 0 bridgehead atoms. The lowest BCUT2D eigenvalue weighted by Gasteiger charge is -2.32. The maximum Gasteiger partial charge on any atom is 0.0931 e. The Labute approximate surface area is 93.9 Å². The molecule has 0 aromatic carbocycles. The van der Waals surface area contributed by atoms with E-state index in [0.29, 0.717) is 6.04 Å². The average molecular weight is 231 g/mol. The summed E-state index contributed by atoms with van der Waals surface area (Å²) in [6, 6.07) is 4.63. The Morgan fingerprint density at radius 3 is 2.71 bits per heavy atom. The van der Waals surface area contributed by atoms with Gasteiger partial charge in [0.1, 0.15) is 0 Å². The molecule has 1 aromatic rings. The third-order valence-electron chi connectivity index (χ3n) is 2.71. The third kappa shape index (κ3) is 2.28. The Morgan fingerprint density at radius 1 is 1.43 bits per heavy atom. The van der Waals surface area contributed by atoms with Crippen LogP contribution in [0.5, 0.6) is 0 Å². The van der Waals surface area contributed by atoms with Crippen molar-refractivity contribution in [2.45, 2.75) is 13.0 Å². The average Bonchev–Trinajstić information content (AvgIpc) is 2.65. The topological polar surface area (TPSA) is 15.3 Å². The third-order valence-corrected chi connectivity index (χ3v) is 4.11. The van der Waals surface area contributed by atoms with E-state index in [1.807, 2.05) is 6.07 Å². The van der Waals surface area contributed by atoms with Crippen molar-refractivity contribution in [2.24, 2.45) is 0 Å². The van der Waals surface area contributed by atoms with E-state index in [1.165, 1.54) is 4.88 Å². The fourth-order valence-electron chi connectivity index (χ4n) is 1.80. The molecule has 78 valence electrons. The smallest absolute Gasteiger partial charge is 0.0931 e. The van der Waals surface area contributed by atoms with Gasteiger partial charge in [-0.2, -0.15) is 0 Å². The van der Waals surface area contributed by atoms with Crippen LogP contribution in [0.4, 0.5) is 0 Å². The molecule has 0 unspecified atom stereocenters. The molecular formula is C10H15ClN2S. The molecule has 0 spiro atoms.